The number of allylic oxidation sites excluding steroid dienone is 2. The second kappa shape index (κ2) is 6.46. The van der Waals surface area contributed by atoms with Crippen molar-refractivity contribution < 1.29 is 0 Å². The topological polar surface area (TPSA) is 0 Å². The van der Waals surface area contributed by atoms with E-state index in [0.29, 0.717) is 5.92 Å². The summed E-state index contributed by atoms with van der Waals surface area (Å²) in [5, 5.41) is 5.62. The van der Waals surface area contributed by atoms with Gasteiger partial charge in [0.2, 0.25) is 0 Å². The smallest absolute Gasteiger partial charge is 0.00546 e. The van der Waals surface area contributed by atoms with Gasteiger partial charge in [0.1, 0.15) is 0 Å². The normalized spacial score (nSPS) is 15.9. The summed E-state index contributed by atoms with van der Waals surface area (Å²) in [7, 11) is 0. The minimum Gasteiger partial charge on any atom is -0.0646 e. The molecule has 0 aliphatic heterocycles. The molecule has 0 saturated carbocycles. The molecule has 0 heterocycles. The molecule has 2 aliphatic carbocycles. The van der Waals surface area contributed by atoms with Gasteiger partial charge < -0.3 is 0 Å². The molecule has 0 N–H and O–H groups in total. The predicted octanol–water partition coefficient (Wildman–Crippen LogP) is 7.60. The zero-order chi connectivity index (χ0) is 19.4. The van der Waals surface area contributed by atoms with Crippen molar-refractivity contribution in [2.24, 2.45) is 5.92 Å². The molecule has 0 saturated heterocycles. The van der Waals surface area contributed by atoms with Crippen LogP contribution in [-0.4, -0.2) is 0 Å². The largest absolute Gasteiger partial charge is 0.0646 e. The third-order valence-electron chi connectivity index (χ3n) is 6.76. The van der Waals surface area contributed by atoms with E-state index < -0.39 is 0 Å². The van der Waals surface area contributed by atoms with Gasteiger partial charge in [0, 0.05) is 0 Å². The second-order valence-corrected chi connectivity index (χ2v) is 8.71. The van der Waals surface area contributed by atoms with Gasteiger partial charge in [-0.3, -0.25) is 0 Å². The maximum absolute atomic E-state index is 2.46. The standard InChI is InChI=1S/C29H24/c1-19(27-17-25-12-4-8-22-9-5-13-26(18-27)29(22)25)14-20-15-23-10-2-6-21-7-3-11-24(16-20)28(21)23/h2-13,15,17,19H,14,16,18H2,1H3. The molecular weight excluding hydrogens is 348 g/mol. The maximum Gasteiger partial charge on any atom is -0.00546 e. The Morgan fingerprint density at radius 1 is 0.655 bits per heavy atom. The highest BCUT2D eigenvalue weighted by Gasteiger charge is 2.20. The first-order valence-electron chi connectivity index (χ1n) is 10.7. The highest BCUT2D eigenvalue weighted by molar-refractivity contribution is 5.96. The Morgan fingerprint density at radius 3 is 1.86 bits per heavy atom. The average Bonchev–Trinajstić information content (AvgIpc) is 2.74. The fourth-order valence-corrected chi connectivity index (χ4v) is 5.39. The summed E-state index contributed by atoms with van der Waals surface area (Å²) in [6, 6.07) is 26.9. The van der Waals surface area contributed by atoms with E-state index in [4.69, 9.17) is 0 Å². The zero-order valence-electron chi connectivity index (χ0n) is 16.8. The quantitative estimate of drug-likeness (QED) is 0.347. The highest BCUT2D eigenvalue weighted by atomic mass is 14.2. The molecule has 0 amide bonds. The lowest BCUT2D eigenvalue weighted by Crippen LogP contribution is -2.10. The summed E-state index contributed by atoms with van der Waals surface area (Å²) >= 11 is 0. The fourth-order valence-electron chi connectivity index (χ4n) is 5.39. The van der Waals surface area contributed by atoms with E-state index in [1.165, 1.54) is 43.8 Å². The predicted molar refractivity (Wildman–Crippen MR) is 125 cm³/mol. The van der Waals surface area contributed by atoms with Gasteiger partial charge in [0.25, 0.3) is 0 Å². The SMILES string of the molecule is CC(CC1=Cc2cccc3cccc(c23)C1)C1=Cc2cccc3cccc(c23)C1. The van der Waals surface area contributed by atoms with Crippen molar-refractivity contribution in [1.29, 1.82) is 0 Å². The minimum atomic E-state index is 0.550. The van der Waals surface area contributed by atoms with Gasteiger partial charge >= 0.3 is 0 Å². The molecule has 0 aromatic heterocycles. The molecule has 140 valence electrons. The number of hydrogen-bond acceptors (Lipinski definition) is 0. The Labute approximate surface area is 172 Å². The molecule has 6 rings (SSSR count). The Morgan fingerprint density at radius 2 is 1.21 bits per heavy atom. The lowest BCUT2D eigenvalue weighted by atomic mass is 9.80. The van der Waals surface area contributed by atoms with Gasteiger partial charge in [0.05, 0.1) is 0 Å². The molecule has 1 unspecified atom stereocenters. The van der Waals surface area contributed by atoms with Crippen LogP contribution < -0.4 is 0 Å². The summed E-state index contributed by atoms with van der Waals surface area (Å²) in [6.45, 7) is 2.40. The first-order chi connectivity index (χ1) is 14.3. The van der Waals surface area contributed by atoms with Crippen molar-refractivity contribution >= 4 is 33.7 Å². The number of benzene rings is 4. The van der Waals surface area contributed by atoms with Gasteiger partial charge in [0.15, 0.2) is 0 Å². The van der Waals surface area contributed by atoms with Crippen molar-refractivity contribution in [3.63, 3.8) is 0 Å². The molecule has 0 radical (unpaired) electrons. The third kappa shape index (κ3) is 2.75. The fraction of sp³-hybridized carbons (Fsp3) is 0.172. The first-order valence-corrected chi connectivity index (χ1v) is 10.7. The van der Waals surface area contributed by atoms with Crippen LogP contribution in [0.2, 0.25) is 0 Å². The van der Waals surface area contributed by atoms with Crippen molar-refractivity contribution in [1.82, 2.24) is 0 Å². The van der Waals surface area contributed by atoms with E-state index in [1.807, 2.05) is 0 Å². The Hall–Kier alpha value is -3.12. The van der Waals surface area contributed by atoms with E-state index in [-0.39, 0.29) is 0 Å². The van der Waals surface area contributed by atoms with Crippen molar-refractivity contribution in [3.8, 4) is 0 Å². The van der Waals surface area contributed by atoms with Crippen LogP contribution in [0.15, 0.2) is 83.9 Å². The molecule has 0 spiro atoms. The lowest BCUT2D eigenvalue weighted by molar-refractivity contribution is 0.651. The molecule has 1 atom stereocenters. The average molecular weight is 373 g/mol. The summed E-state index contributed by atoms with van der Waals surface area (Å²) in [5.74, 6) is 0.550. The molecule has 0 heteroatoms. The van der Waals surface area contributed by atoms with Crippen LogP contribution in [0.5, 0.6) is 0 Å². The number of hydrogen-bond donors (Lipinski definition) is 0. The van der Waals surface area contributed by atoms with Crippen LogP contribution in [0.1, 0.15) is 35.6 Å². The van der Waals surface area contributed by atoms with E-state index in [0.717, 1.165) is 19.3 Å². The van der Waals surface area contributed by atoms with E-state index in [1.54, 1.807) is 11.1 Å². The number of rotatable bonds is 3. The first kappa shape index (κ1) is 16.8. The summed E-state index contributed by atoms with van der Waals surface area (Å²) < 4.78 is 0. The van der Waals surface area contributed by atoms with E-state index in [2.05, 4.69) is 91.9 Å². The maximum atomic E-state index is 2.46. The molecule has 4 aromatic rings. The molecule has 4 aromatic carbocycles. The third-order valence-corrected chi connectivity index (χ3v) is 6.76. The van der Waals surface area contributed by atoms with Crippen molar-refractivity contribution in [3.05, 3.63) is 106 Å². The van der Waals surface area contributed by atoms with Gasteiger partial charge in [-0.2, -0.15) is 0 Å². The molecule has 2 aliphatic rings. The van der Waals surface area contributed by atoms with Crippen molar-refractivity contribution in [2.45, 2.75) is 26.2 Å². The van der Waals surface area contributed by atoms with Gasteiger partial charge in [-0.05, 0) is 69.0 Å². The van der Waals surface area contributed by atoms with Crippen LogP contribution in [-0.2, 0) is 12.8 Å². The summed E-state index contributed by atoms with van der Waals surface area (Å²) in [6.07, 6.45) is 8.20. The molecule has 29 heavy (non-hydrogen) atoms. The Kier molecular flexibility index (Phi) is 3.74. The van der Waals surface area contributed by atoms with Crippen LogP contribution >= 0.6 is 0 Å². The van der Waals surface area contributed by atoms with Gasteiger partial charge in [-0.25, -0.2) is 0 Å². The summed E-state index contributed by atoms with van der Waals surface area (Å²) in [5.41, 5.74) is 8.86. The van der Waals surface area contributed by atoms with Crippen molar-refractivity contribution in [2.75, 3.05) is 0 Å². The van der Waals surface area contributed by atoms with Crippen LogP contribution in [0.25, 0.3) is 33.7 Å². The Balaban J connectivity index is 1.34. The summed E-state index contributed by atoms with van der Waals surface area (Å²) in [4.78, 5) is 0. The van der Waals surface area contributed by atoms with Crippen LogP contribution in [0.4, 0.5) is 0 Å². The highest BCUT2D eigenvalue weighted by Crippen LogP contribution is 2.38. The monoisotopic (exact) mass is 372 g/mol. The van der Waals surface area contributed by atoms with Gasteiger partial charge in [-0.15, -0.1) is 0 Å². The zero-order valence-corrected chi connectivity index (χ0v) is 16.8. The lowest BCUT2D eigenvalue weighted by Gasteiger charge is -2.25. The van der Waals surface area contributed by atoms with Crippen LogP contribution in [0.3, 0.4) is 0 Å². The molecule has 0 fully saturated rings. The van der Waals surface area contributed by atoms with E-state index >= 15 is 0 Å². The molecule has 0 bridgehead atoms. The van der Waals surface area contributed by atoms with Gasteiger partial charge in [-0.1, -0.05) is 103 Å². The minimum absolute atomic E-state index is 0.550. The molecular formula is C29H24. The van der Waals surface area contributed by atoms with Crippen LogP contribution in [0, 0.1) is 5.92 Å². The second-order valence-electron chi connectivity index (χ2n) is 8.71. The molecule has 0 nitrogen and oxygen atoms in total. The Bertz CT molecular complexity index is 1320. The van der Waals surface area contributed by atoms with E-state index in [9.17, 15) is 0 Å².